The van der Waals surface area contributed by atoms with Crippen molar-refractivity contribution < 1.29 is 9.47 Å². The molecule has 0 amide bonds. The first-order valence-electron chi connectivity index (χ1n) is 6.89. The highest BCUT2D eigenvalue weighted by Crippen LogP contribution is 2.30. The zero-order valence-corrected chi connectivity index (χ0v) is 12.1. The van der Waals surface area contributed by atoms with E-state index in [2.05, 4.69) is 29.4 Å². The van der Waals surface area contributed by atoms with Crippen molar-refractivity contribution in [2.45, 2.75) is 18.9 Å². The zero-order valence-electron chi connectivity index (χ0n) is 12.1. The minimum atomic E-state index is 0.280. The highest BCUT2D eigenvalue weighted by atomic mass is 16.5. The van der Waals surface area contributed by atoms with Gasteiger partial charge in [0.05, 0.1) is 7.11 Å². The number of methoxy groups -OCH3 is 1. The summed E-state index contributed by atoms with van der Waals surface area (Å²) in [6.45, 7) is 3.06. The number of likely N-dealkylation sites (N-methyl/N-ethyl adjacent to an activating group) is 2. The normalized spacial score (nSPS) is 19.6. The van der Waals surface area contributed by atoms with E-state index in [1.165, 1.54) is 5.56 Å². The Morgan fingerprint density at radius 1 is 1.37 bits per heavy atom. The molecular weight excluding hydrogens is 240 g/mol. The molecule has 0 aromatic heterocycles. The molecule has 1 N–H and O–H groups in total. The number of rotatable bonds is 6. The molecule has 106 valence electrons. The molecule has 19 heavy (non-hydrogen) atoms. The van der Waals surface area contributed by atoms with Crippen molar-refractivity contribution in [3.8, 4) is 11.5 Å². The highest BCUT2D eigenvalue weighted by molar-refractivity contribution is 5.43. The monoisotopic (exact) mass is 264 g/mol. The standard InChI is InChI=1S/C15H24N2O2/c1-16-8-6-12-4-5-14(15(10-12)18-3)19-13-7-9-17(2)11-13/h4-5,10,13,16H,6-9,11H2,1-3H3. The van der Waals surface area contributed by atoms with Crippen LogP contribution in [-0.2, 0) is 6.42 Å². The van der Waals surface area contributed by atoms with E-state index in [9.17, 15) is 0 Å². The smallest absolute Gasteiger partial charge is 0.161 e. The van der Waals surface area contributed by atoms with E-state index in [-0.39, 0.29) is 6.10 Å². The van der Waals surface area contributed by atoms with Gasteiger partial charge in [0.25, 0.3) is 0 Å². The average Bonchev–Trinajstić information content (AvgIpc) is 2.83. The predicted octanol–water partition coefficient (Wildman–Crippen LogP) is 1.54. The fourth-order valence-electron chi connectivity index (χ4n) is 2.40. The summed E-state index contributed by atoms with van der Waals surface area (Å²) in [6.07, 6.45) is 2.36. The quantitative estimate of drug-likeness (QED) is 0.845. The van der Waals surface area contributed by atoms with Crippen LogP contribution in [0.2, 0.25) is 0 Å². The van der Waals surface area contributed by atoms with Crippen LogP contribution in [-0.4, -0.2) is 51.8 Å². The van der Waals surface area contributed by atoms with E-state index in [0.717, 1.165) is 44.0 Å². The van der Waals surface area contributed by atoms with Gasteiger partial charge in [-0.2, -0.15) is 0 Å². The van der Waals surface area contributed by atoms with Crippen LogP contribution in [0.25, 0.3) is 0 Å². The Hall–Kier alpha value is -1.26. The first-order chi connectivity index (χ1) is 9.22. The molecular formula is C15H24N2O2. The van der Waals surface area contributed by atoms with Gasteiger partial charge in [0.15, 0.2) is 11.5 Å². The Labute approximate surface area is 115 Å². The third kappa shape index (κ3) is 3.85. The third-order valence-corrected chi connectivity index (χ3v) is 3.53. The first kappa shape index (κ1) is 14.2. The molecule has 4 heteroatoms. The summed E-state index contributed by atoms with van der Waals surface area (Å²) in [5.41, 5.74) is 1.27. The van der Waals surface area contributed by atoms with Crippen LogP contribution in [0.4, 0.5) is 0 Å². The van der Waals surface area contributed by atoms with Crippen molar-refractivity contribution in [2.24, 2.45) is 0 Å². The van der Waals surface area contributed by atoms with Crippen molar-refractivity contribution in [1.82, 2.24) is 10.2 Å². The summed E-state index contributed by atoms with van der Waals surface area (Å²) in [5, 5.41) is 3.15. The third-order valence-electron chi connectivity index (χ3n) is 3.53. The lowest BCUT2D eigenvalue weighted by Crippen LogP contribution is -2.21. The number of nitrogens with zero attached hydrogens (tertiary/aromatic N) is 1. The maximum atomic E-state index is 6.04. The van der Waals surface area contributed by atoms with Gasteiger partial charge in [0, 0.05) is 13.1 Å². The molecule has 1 aromatic rings. The maximum absolute atomic E-state index is 6.04. The SMILES string of the molecule is CNCCc1ccc(OC2CCN(C)C2)c(OC)c1. The Kier molecular flexibility index (Phi) is 5.05. The molecule has 4 nitrogen and oxygen atoms in total. The summed E-state index contributed by atoms with van der Waals surface area (Å²) in [5.74, 6) is 1.69. The van der Waals surface area contributed by atoms with Gasteiger partial charge in [0.2, 0.25) is 0 Å². The van der Waals surface area contributed by atoms with E-state index in [1.807, 2.05) is 13.1 Å². The van der Waals surface area contributed by atoms with Crippen LogP contribution in [0, 0.1) is 0 Å². The van der Waals surface area contributed by atoms with Crippen molar-refractivity contribution in [3.63, 3.8) is 0 Å². The fraction of sp³-hybridized carbons (Fsp3) is 0.600. The number of benzene rings is 1. The molecule has 1 atom stereocenters. The second-order valence-electron chi connectivity index (χ2n) is 5.13. The van der Waals surface area contributed by atoms with Gasteiger partial charge in [0.1, 0.15) is 6.10 Å². The second kappa shape index (κ2) is 6.78. The molecule has 1 saturated heterocycles. The van der Waals surface area contributed by atoms with Crippen molar-refractivity contribution in [1.29, 1.82) is 0 Å². The molecule has 0 radical (unpaired) electrons. The largest absolute Gasteiger partial charge is 0.493 e. The summed E-state index contributed by atoms with van der Waals surface area (Å²) >= 11 is 0. The summed E-state index contributed by atoms with van der Waals surface area (Å²) < 4.78 is 11.5. The molecule has 1 heterocycles. The van der Waals surface area contributed by atoms with Crippen LogP contribution in [0.1, 0.15) is 12.0 Å². The minimum absolute atomic E-state index is 0.280. The number of likely N-dealkylation sites (tertiary alicyclic amines) is 1. The van der Waals surface area contributed by atoms with Crippen molar-refractivity contribution in [3.05, 3.63) is 23.8 Å². The van der Waals surface area contributed by atoms with E-state index in [1.54, 1.807) is 7.11 Å². The first-order valence-corrected chi connectivity index (χ1v) is 6.89. The summed E-state index contributed by atoms with van der Waals surface area (Å²) in [6, 6.07) is 6.22. The Morgan fingerprint density at radius 3 is 2.84 bits per heavy atom. The van der Waals surface area contributed by atoms with Gasteiger partial charge in [-0.05, 0) is 51.2 Å². The molecule has 1 fully saturated rings. The molecule has 0 aliphatic carbocycles. The van der Waals surface area contributed by atoms with Gasteiger partial charge >= 0.3 is 0 Å². The van der Waals surface area contributed by atoms with Gasteiger partial charge in [-0.25, -0.2) is 0 Å². The van der Waals surface area contributed by atoms with Crippen LogP contribution in [0.15, 0.2) is 18.2 Å². The Bertz CT molecular complexity index is 409. The van der Waals surface area contributed by atoms with E-state index < -0.39 is 0 Å². The lowest BCUT2D eigenvalue weighted by Gasteiger charge is -2.17. The number of ether oxygens (including phenoxy) is 2. The average molecular weight is 264 g/mol. The molecule has 0 bridgehead atoms. The lowest BCUT2D eigenvalue weighted by molar-refractivity contribution is 0.199. The topological polar surface area (TPSA) is 33.7 Å². The van der Waals surface area contributed by atoms with Crippen molar-refractivity contribution >= 4 is 0 Å². The van der Waals surface area contributed by atoms with Crippen LogP contribution in [0.3, 0.4) is 0 Å². The molecule has 1 unspecified atom stereocenters. The minimum Gasteiger partial charge on any atom is -0.493 e. The van der Waals surface area contributed by atoms with E-state index in [0.29, 0.717) is 0 Å². The molecule has 1 aliphatic rings. The second-order valence-corrected chi connectivity index (χ2v) is 5.13. The maximum Gasteiger partial charge on any atom is 0.161 e. The highest BCUT2D eigenvalue weighted by Gasteiger charge is 2.22. The molecule has 0 saturated carbocycles. The van der Waals surface area contributed by atoms with Gasteiger partial charge in [-0.3, -0.25) is 0 Å². The Morgan fingerprint density at radius 2 is 2.21 bits per heavy atom. The molecule has 0 spiro atoms. The van der Waals surface area contributed by atoms with Crippen LogP contribution >= 0.6 is 0 Å². The van der Waals surface area contributed by atoms with Gasteiger partial charge in [-0.1, -0.05) is 6.07 Å². The molecule has 1 aliphatic heterocycles. The predicted molar refractivity (Wildman–Crippen MR) is 77.2 cm³/mol. The number of hydrogen-bond acceptors (Lipinski definition) is 4. The number of hydrogen-bond donors (Lipinski definition) is 1. The van der Waals surface area contributed by atoms with Gasteiger partial charge < -0.3 is 19.7 Å². The fourth-order valence-corrected chi connectivity index (χ4v) is 2.40. The van der Waals surface area contributed by atoms with Crippen molar-refractivity contribution in [2.75, 3.05) is 40.8 Å². The Balaban J connectivity index is 2.03. The van der Waals surface area contributed by atoms with Crippen LogP contribution in [0.5, 0.6) is 11.5 Å². The van der Waals surface area contributed by atoms with Crippen LogP contribution < -0.4 is 14.8 Å². The lowest BCUT2D eigenvalue weighted by atomic mass is 10.1. The summed E-state index contributed by atoms with van der Waals surface area (Å²) in [7, 11) is 5.79. The number of nitrogens with one attached hydrogen (secondary N) is 1. The van der Waals surface area contributed by atoms with Gasteiger partial charge in [-0.15, -0.1) is 0 Å². The molecule has 2 rings (SSSR count). The van der Waals surface area contributed by atoms with E-state index >= 15 is 0 Å². The summed E-state index contributed by atoms with van der Waals surface area (Å²) in [4.78, 5) is 2.29. The molecule has 1 aromatic carbocycles. The zero-order chi connectivity index (χ0) is 13.7. The van der Waals surface area contributed by atoms with E-state index in [4.69, 9.17) is 9.47 Å².